The van der Waals surface area contributed by atoms with Crippen LogP contribution in [0.25, 0.3) is 11.3 Å². The van der Waals surface area contributed by atoms with Crippen molar-refractivity contribution in [2.24, 2.45) is 0 Å². The Morgan fingerprint density at radius 2 is 1.71 bits per heavy atom. The van der Waals surface area contributed by atoms with E-state index < -0.39 is 0 Å². The van der Waals surface area contributed by atoms with Crippen LogP contribution in [0.2, 0.25) is 0 Å². The number of rotatable bonds is 4. The number of hydrogen-bond donors (Lipinski definition) is 1. The minimum absolute atomic E-state index is 0.0124. The molecule has 0 spiro atoms. The lowest BCUT2D eigenvalue weighted by Crippen LogP contribution is -2.40. The molecule has 2 aromatic heterocycles. The molecule has 0 bridgehead atoms. The SMILES string of the molecule is Nc1ccc(-c2cc(N3CCOC(c4ccccc4)C3)nc(N3CCOCC3)n2)cn1. The lowest BCUT2D eigenvalue weighted by atomic mass is 10.1. The van der Waals surface area contributed by atoms with Gasteiger partial charge in [0.25, 0.3) is 0 Å². The lowest BCUT2D eigenvalue weighted by Gasteiger charge is -2.35. The third-order valence-corrected chi connectivity index (χ3v) is 5.64. The smallest absolute Gasteiger partial charge is 0.228 e. The van der Waals surface area contributed by atoms with Gasteiger partial charge in [0.1, 0.15) is 17.7 Å². The molecule has 2 aliphatic heterocycles. The maximum absolute atomic E-state index is 6.05. The van der Waals surface area contributed by atoms with Crippen molar-refractivity contribution in [1.29, 1.82) is 0 Å². The van der Waals surface area contributed by atoms with Crippen LogP contribution in [0, 0.1) is 0 Å². The van der Waals surface area contributed by atoms with Crippen LogP contribution in [-0.4, -0.2) is 61.0 Å². The second-order valence-corrected chi connectivity index (χ2v) is 7.70. The van der Waals surface area contributed by atoms with Gasteiger partial charge in [0.2, 0.25) is 5.95 Å². The molecule has 1 unspecified atom stereocenters. The molecular weight excluding hydrogens is 392 g/mol. The fourth-order valence-electron chi connectivity index (χ4n) is 3.92. The molecule has 2 saturated heterocycles. The van der Waals surface area contributed by atoms with Crippen LogP contribution < -0.4 is 15.5 Å². The number of pyridine rings is 1. The molecule has 0 amide bonds. The van der Waals surface area contributed by atoms with Crippen molar-refractivity contribution in [2.75, 3.05) is 61.5 Å². The zero-order valence-corrected chi connectivity index (χ0v) is 17.4. The van der Waals surface area contributed by atoms with Crippen molar-refractivity contribution in [3.05, 3.63) is 60.3 Å². The summed E-state index contributed by atoms with van der Waals surface area (Å²) >= 11 is 0. The summed E-state index contributed by atoms with van der Waals surface area (Å²) in [5.41, 5.74) is 8.71. The summed E-state index contributed by atoms with van der Waals surface area (Å²) in [6.45, 7) is 5.08. The molecule has 0 aliphatic carbocycles. The number of aromatic nitrogens is 3. The van der Waals surface area contributed by atoms with E-state index in [-0.39, 0.29) is 6.10 Å². The van der Waals surface area contributed by atoms with E-state index in [1.807, 2.05) is 30.3 Å². The molecule has 8 heteroatoms. The Hall–Kier alpha value is -3.23. The van der Waals surface area contributed by atoms with Crippen molar-refractivity contribution in [2.45, 2.75) is 6.10 Å². The van der Waals surface area contributed by atoms with Crippen LogP contribution in [-0.2, 0) is 9.47 Å². The predicted octanol–water partition coefficient (Wildman–Crippen LogP) is 2.54. The number of nitrogens with zero attached hydrogens (tertiary/aromatic N) is 5. The van der Waals surface area contributed by atoms with Crippen molar-refractivity contribution < 1.29 is 9.47 Å². The van der Waals surface area contributed by atoms with Crippen LogP contribution in [0.5, 0.6) is 0 Å². The Kier molecular flexibility index (Phi) is 5.64. The average Bonchev–Trinajstić information content (AvgIpc) is 2.85. The summed E-state index contributed by atoms with van der Waals surface area (Å²) in [5.74, 6) is 2.10. The van der Waals surface area contributed by atoms with Crippen molar-refractivity contribution >= 4 is 17.6 Å². The van der Waals surface area contributed by atoms with Crippen molar-refractivity contribution in [1.82, 2.24) is 15.0 Å². The van der Waals surface area contributed by atoms with Gasteiger partial charge < -0.3 is 25.0 Å². The molecule has 8 nitrogen and oxygen atoms in total. The summed E-state index contributed by atoms with van der Waals surface area (Å²) < 4.78 is 11.6. The lowest BCUT2D eigenvalue weighted by molar-refractivity contribution is 0.0395. The molecule has 0 saturated carbocycles. The van der Waals surface area contributed by atoms with E-state index in [9.17, 15) is 0 Å². The first-order chi connectivity index (χ1) is 15.3. The highest BCUT2D eigenvalue weighted by Gasteiger charge is 2.25. The van der Waals surface area contributed by atoms with Crippen LogP contribution in [0.3, 0.4) is 0 Å². The molecule has 5 rings (SSSR count). The predicted molar refractivity (Wildman–Crippen MR) is 120 cm³/mol. The Bertz CT molecular complexity index is 1010. The number of nitrogen functional groups attached to an aromatic ring is 1. The average molecular weight is 419 g/mol. The highest BCUT2D eigenvalue weighted by atomic mass is 16.5. The first kappa shape index (κ1) is 19.7. The van der Waals surface area contributed by atoms with E-state index in [4.69, 9.17) is 25.2 Å². The maximum atomic E-state index is 6.05. The number of anilines is 3. The van der Waals surface area contributed by atoms with Crippen LogP contribution in [0.4, 0.5) is 17.6 Å². The Balaban J connectivity index is 1.49. The normalized spacial score (nSPS) is 19.4. The number of nitrogens with two attached hydrogens (primary N) is 1. The van der Waals surface area contributed by atoms with Gasteiger partial charge >= 0.3 is 0 Å². The third-order valence-electron chi connectivity index (χ3n) is 5.64. The van der Waals surface area contributed by atoms with Gasteiger partial charge in [0.05, 0.1) is 25.5 Å². The molecule has 31 heavy (non-hydrogen) atoms. The number of hydrogen-bond acceptors (Lipinski definition) is 8. The highest BCUT2D eigenvalue weighted by molar-refractivity contribution is 5.65. The fraction of sp³-hybridized carbons (Fsp3) is 0.348. The van der Waals surface area contributed by atoms with Crippen molar-refractivity contribution in [3.63, 3.8) is 0 Å². The minimum Gasteiger partial charge on any atom is -0.384 e. The second kappa shape index (κ2) is 8.87. The Morgan fingerprint density at radius 3 is 2.48 bits per heavy atom. The zero-order valence-electron chi connectivity index (χ0n) is 17.4. The molecule has 1 atom stereocenters. The minimum atomic E-state index is 0.0124. The third kappa shape index (κ3) is 4.45. The van der Waals surface area contributed by atoms with Crippen LogP contribution in [0.15, 0.2) is 54.7 Å². The summed E-state index contributed by atoms with van der Waals surface area (Å²) in [4.78, 5) is 18.5. The van der Waals surface area contributed by atoms with E-state index in [0.29, 0.717) is 25.6 Å². The fourth-order valence-corrected chi connectivity index (χ4v) is 3.92. The number of ether oxygens (including phenoxy) is 2. The van der Waals surface area contributed by atoms with Gasteiger partial charge in [0.15, 0.2) is 0 Å². The summed E-state index contributed by atoms with van der Waals surface area (Å²) in [6, 6.07) is 16.1. The Labute approximate surface area is 181 Å². The molecule has 2 fully saturated rings. The molecule has 2 aliphatic rings. The summed E-state index contributed by atoms with van der Waals surface area (Å²) in [6.07, 6.45) is 1.77. The van der Waals surface area contributed by atoms with E-state index >= 15 is 0 Å². The van der Waals surface area contributed by atoms with E-state index in [1.165, 1.54) is 5.56 Å². The maximum Gasteiger partial charge on any atom is 0.228 e. The van der Waals surface area contributed by atoms with Crippen LogP contribution in [0.1, 0.15) is 11.7 Å². The first-order valence-electron chi connectivity index (χ1n) is 10.6. The van der Waals surface area contributed by atoms with Crippen LogP contribution >= 0.6 is 0 Å². The largest absolute Gasteiger partial charge is 0.384 e. The molecule has 2 N–H and O–H groups in total. The topological polar surface area (TPSA) is 89.6 Å². The summed E-state index contributed by atoms with van der Waals surface area (Å²) in [5, 5.41) is 0. The highest BCUT2D eigenvalue weighted by Crippen LogP contribution is 2.29. The van der Waals surface area contributed by atoms with Gasteiger partial charge in [-0.2, -0.15) is 4.98 Å². The van der Waals surface area contributed by atoms with Gasteiger partial charge in [-0.3, -0.25) is 0 Å². The number of morpholine rings is 2. The molecule has 4 heterocycles. The molecule has 1 aromatic carbocycles. The standard InChI is InChI=1S/C23H26N6O2/c24-21-7-6-18(15-25-21)19-14-22(27-23(26-19)28-8-11-30-12-9-28)29-10-13-31-20(16-29)17-4-2-1-3-5-17/h1-7,14-15,20H,8-13,16H2,(H2,24,25). The first-order valence-corrected chi connectivity index (χ1v) is 10.6. The van der Waals surface area contributed by atoms with E-state index in [2.05, 4.69) is 26.9 Å². The molecule has 160 valence electrons. The van der Waals surface area contributed by atoms with E-state index in [1.54, 1.807) is 12.3 Å². The van der Waals surface area contributed by atoms with E-state index in [0.717, 1.165) is 49.2 Å². The second-order valence-electron chi connectivity index (χ2n) is 7.70. The van der Waals surface area contributed by atoms with Gasteiger partial charge in [-0.1, -0.05) is 30.3 Å². The van der Waals surface area contributed by atoms with Gasteiger partial charge in [0, 0.05) is 44.0 Å². The van der Waals surface area contributed by atoms with Gasteiger partial charge in [-0.25, -0.2) is 9.97 Å². The van der Waals surface area contributed by atoms with Gasteiger partial charge in [-0.15, -0.1) is 0 Å². The molecule has 0 radical (unpaired) electrons. The monoisotopic (exact) mass is 418 g/mol. The van der Waals surface area contributed by atoms with Gasteiger partial charge in [-0.05, 0) is 17.7 Å². The summed E-state index contributed by atoms with van der Waals surface area (Å²) in [7, 11) is 0. The molecule has 3 aromatic rings. The Morgan fingerprint density at radius 1 is 0.903 bits per heavy atom. The zero-order chi connectivity index (χ0) is 21.0. The number of benzene rings is 1. The quantitative estimate of drug-likeness (QED) is 0.691. The van der Waals surface area contributed by atoms with Crippen molar-refractivity contribution in [3.8, 4) is 11.3 Å². The molecular formula is C23H26N6O2.